The van der Waals surface area contributed by atoms with Crippen LogP contribution < -0.4 is 5.73 Å². The van der Waals surface area contributed by atoms with Crippen LogP contribution in [0.15, 0.2) is 0 Å². The third-order valence-electron chi connectivity index (χ3n) is 1.94. The van der Waals surface area contributed by atoms with Gasteiger partial charge in [0.2, 0.25) is 0 Å². The summed E-state index contributed by atoms with van der Waals surface area (Å²) in [4.78, 5) is 11.3. The highest BCUT2D eigenvalue weighted by Gasteiger charge is 2.26. The van der Waals surface area contributed by atoms with E-state index in [4.69, 9.17) is 5.73 Å². The Balaban J connectivity index is 2.58. The van der Waals surface area contributed by atoms with Crippen LogP contribution in [0, 0.1) is 0 Å². The molecule has 11 heavy (non-hydrogen) atoms. The molecule has 1 amide bonds. The highest BCUT2D eigenvalue weighted by Crippen LogP contribution is 2.09. The molecule has 0 aromatic carbocycles. The number of nitrogens with two attached hydrogens (primary N) is 1. The lowest BCUT2D eigenvalue weighted by atomic mass is 10.1. The van der Waals surface area contributed by atoms with Crippen LogP contribution in [0.5, 0.6) is 0 Å². The fourth-order valence-electron chi connectivity index (χ4n) is 1.28. The van der Waals surface area contributed by atoms with Crippen molar-refractivity contribution in [3.63, 3.8) is 0 Å². The van der Waals surface area contributed by atoms with Crippen LogP contribution in [0.3, 0.4) is 0 Å². The number of nitrogens with zero attached hydrogens (tertiary/aromatic N) is 2. The average Bonchev–Trinajstić information content (AvgIpc) is 1.94. The Kier molecular flexibility index (Phi) is 2.46. The fourth-order valence-corrected chi connectivity index (χ4v) is 1.28. The highest BCUT2D eigenvalue weighted by atomic mass is 16.2. The van der Waals surface area contributed by atoms with Crippen LogP contribution in [0.2, 0.25) is 0 Å². The molecule has 1 atom stereocenters. The predicted octanol–water partition coefficient (Wildman–Crippen LogP) is -0.587. The molecule has 4 heteroatoms. The molecule has 1 unspecified atom stereocenters. The van der Waals surface area contributed by atoms with Gasteiger partial charge in [-0.1, -0.05) is 0 Å². The molecular weight excluding hydrogens is 142 g/mol. The molecule has 1 aliphatic heterocycles. The van der Waals surface area contributed by atoms with Crippen LogP contribution in [-0.4, -0.2) is 42.6 Å². The standard InChI is InChI=1S/C7H15N3O/c1-9(2)10-5-3-4-6(8)7(10)11/h6H,3-5,8H2,1-2H3. The summed E-state index contributed by atoms with van der Waals surface area (Å²) in [5, 5.41) is 3.48. The number of carbonyl (C=O) groups excluding carboxylic acids is 1. The van der Waals surface area contributed by atoms with E-state index in [-0.39, 0.29) is 11.9 Å². The summed E-state index contributed by atoms with van der Waals surface area (Å²) in [5.41, 5.74) is 5.59. The summed E-state index contributed by atoms with van der Waals surface area (Å²) in [6.45, 7) is 0.805. The van der Waals surface area contributed by atoms with Gasteiger partial charge >= 0.3 is 0 Å². The Morgan fingerprint density at radius 2 is 2.27 bits per heavy atom. The van der Waals surface area contributed by atoms with E-state index in [1.54, 1.807) is 10.0 Å². The molecule has 2 N–H and O–H groups in total. The number of rotatable bonds is 1. The van der Waals surface area contributed by atoms with Gasteiger partial charge < -0.3 is 5.73 Å². The van der Waals surface area contributed by atoms with Gasteiger partial charge in [-0.05, 0) is 12.8 Å². The Morgan fingerprint density at radius 1 is 1.64 bits per heavy atom. The van der Waals surface area contributed by atoms with Crippen LogP contribution >= 0.6 is 0 Å². The quantitative estimate of drug-likeness (QED) is 0.553. The number of amides is 1. The number of hydrazine groups is 1. The summed E-state index contributed by atoms with van der Waals surface area (Å²) < 4.78 is 0. The lowest BCUT2D eigenvalue weighted by Gasteiger charge is -2.34. The number of piperidine rings is 1. The van der Waals surface area contributed by atoms with Crippen molar-refractivity contribution < 1.29 is 4.79 Å². The van der Waals surface area contributed by atoms with E-state index in [0.29, 0.717) is 0 Å². The second-order valence-corrected chi connectivity index (χ2v) is 3.06. The van der Waals surface area contributed by atoms with Crippen LogP contribution in [0.25, 0.3) is 0 Å². The van der Waals surface area contributed by atoms with E-state index < -0.39 is 0 Å². The molecule has 1 heterocycles. The van der Waals surface area contributed by atoms with Gasteiger partial charge in [-0.3, -0.25) is 9.80 Å². The van der Waals surface area contributed by atoms with Crippen molar-refractivity contribution in [2.75, 3.05) is 20.6 Å². The fraction of sp³-hybridized carbons (Fsp3) is 0.857. The molecule has 1 rings (SSSR count). The maximum absolute atomic E-state index is 11.3. The lowest BCUT2D eigenvalue weighted by molar-refractivity contribution is -0.149. The van der Waals surface area contributed by atoms with E-state index in [1.165, 1.54) is 0 Å². The second-order valence-electron chi connectivity index (χ2n) is 3.06. The largest absolute Gasteiger partial charge is 0.320 e. The minimum Gasteiger partial charge on any atom is -0.320 e. The van der Waals surface area contributed by atoms with Gasteiger partial charge in [0.05, 0.1) is 6.04 Å². The molecular formula is C7H15N3O. The average molecular weight is 157 g/mol. The van der Waals surface area contributed by atoms with Gasteiger partial charge in [-0.2, -0.15) is 0 Å². The molecule has 4 nitrogen and oxygen atoms in total. The monoisotopic (exact) mass is 157 g/mol. The lowest BCUT2D eigenvalue weighted by Crippen LogP contribution is -2.53. The number of hydrogen-bond acceptors (Lipinski definition) is 3. The summed E-state index contributed by atoms with van der Waals surface area (Å²) >= 11 is 0. The molecule has 1 saturated heterocycles. The third-order valence-corrected chi connectivity index (χ3v) is 1.94. The molecule has 0 spiro atoms. The van der Waals surface area contributed by atoms with Gasteiger partial charge in [0.25, 0.3) is 5.91 Å². The molecule has 1 fully saturated rings. The Morgan fingerprint density at radius 3 is 2.73 bits per heavy atom. The van der Waals surface area contributed by atoms with Gasteiger partial charge in [-0.15, -0.1) is 0 Å². The topological polar surface area (TPSA) is 49.6 Å². The van der Waals surface area contributed by atoms with Crippen molar-refractivity contribution >= 4 is 5.91 Å². The van der Waals surface area contributed by atoms with Crippen LogP contribution in [-0.2, 0) is 4.79 Å². The van der Waals surface area contributed by atoms with E-state index in [2.05, 4.69) is 0 Å². The Hall–Kier alpha value is -0.610. The van der Waals surface area contributed by atoms with Crippen LogP contribution in [0.1, 0.15) is 12.8 Å². The second kappa shape index (κ2) is 3.19. The summed E-state index contributed by atoms with van der Waals surface area (Å²) in [6, 6.07) is -0.286. The molecule has 0 bridgehead atoms. The molecule has 0 aromatic heterocycles. The SMILES string of the molecule is CN(C)N1CCCC(N)C1=O. The van der Waals surface area contributed by atoms with Crippen molar-refractivity contribution in [3.05, 3.63) is 0 Å². The maximum atomic E-state index is 11.3. The minimum absolute atomic E-state index is 0.0428. The van der Waals surface area contributed by atoms with Crippen molar-refractivity contribution in [1.82, 2.24) is 10.0 Å². The molecule has 0 saturated carbocycles. The first-order chi connectivity index (χ1) is 5.13. The van der Waals surface area contributed by atoms with E-state index in [0.717, 1.165) is 19.4 Å². The first-order valence-corrected chi connectivity index (χ1v) is 3.87. The highest BCUT2D eigenvalue weighted by molar-refractivity contribution is 5.81. The van der Waals surface area contributed by atoms with Gasteiger partial charge in [0, 0.05) is 20.6 Å². The zero-order valence-corrected chi connectivity index (χ0v) is 7.08. The van der Waals surface area contributed by atoms with Gasteiger partial charge in [0.15, 0.2) is 0 Å². The van der Waals surface area contributed by atoms with Crippen molar-refractivity contribution in [3.8, 4) is 0 Å². The Bertz CT molecular complexity index is 158. The molecule has 64 valence electrons. The van der Waals surface area contributed by atoms with Crippen molar-refractivity contribution in [2.45, 2.75) is 18.9 Å². The smallest absolute Gasteiger partial charge is 0.253 e. The van der Waals surface area contributed by atoms with E-state index in [1.807, 2.05) is 14.1 Å². The first-order valence-electron chi connectivity index (χ1n) is 3.87. The molecule has 0 aromatic rings. The minimum atomic E-state index is -0.286. The summed E-state index contributed by atoms with van der Waals surface area (Å²) in [5.74, 6) is 0.0428. The zero-order chi connectivity index (χ0) is 8.43. The van der Waals surface area contributed by atoms with Crippen molar-refractivity contribution in [1.29, 1.82) is 0 Å². The van der Waals surface area contributed by atoms with E-state index >= 15 is 0 Å². The maximum Gasteiger partial charge on any atom is 0.253 e. The normalized spacial score (nSPS) is 26.4. The van der Waals surface area contributed by atoms with Crippen molar-refractivity contribution in [2.24, 2.45) is 5.73 Å². The molecule has 0 aliphatic carbocycles. The molecule has 0 radical (unpaired) electrons. The zero-order valence-electron chi connectivity index (χ0n) is 7.08. The number of carbonyl (C=O) groups is 1. The third kappa shape index (κ3) is 1.70. The van der Waals surface area contributed by atoms with E-state index in [9.17, 15) is 4.79 Å². The molecule has 1 aliphatic rings. The van der Waals surface area contributed by atoms with Gasteiger partial charge in [-0.25, -0.2) is 5.01 Å². The number of hydrogen-bond donors (Lipinski definition) is 1. The van der Waals surface area contributed by atoms with Crippen LogP contribution in [0.4, 0.5) is 0 Å². The predicted molar refractivity (Wildman–Crippen MR) is 42.6 cm³/mol. The van der Waals surface area contributed by atoms with Gasteiger partial charge in [0.1, 0.15) is 0 Å². The summed E-state index contributed by atoms with van der Waals surface area (Å²) in [6.07, 6.45) is 1.83. The summed E-state index contributed by atoms with van der Waals surface area (Å²) in [7, 11) is 3.71. The Labute approximate surface area is 66.9 Å². The first kappa shape index (κ1) is 8.49.